The van der Waals surface area contributed by atoms with Crippen molar-refractivity contribution < 1.29 is 10.0 Å². The smallest absolute Gasteiger partial charge is 0.218 e. The largest absolute Gasteiger partial charge is 0.240 e. The lowest BCUT2D eigenvalue weighted by Gasteiger charge is -1.89. The van der Waals surface area contributed by atoms with E-state index in [1.54, 1.807) is 0 Å². The van der Waals surface area contributed by atoms with Crippen molar-refractivity contribution in [2.24, 2.45) is 0 Å². The van der Waals surface area contributed by atoms with E-state index in [0.29, 0.717) is 4.85 Å². The summed E-state index contributed by atoms with van der Waals surface area (Å²) in [5, 5.41) is 11.9. The molecule has 0 amide bonds. The Kier molecular flexibility index (Phi) is 1.26. The lowest BCUT2D eigenvalue weighted by atomic mass is 11.3. The van der Waals surface area contributed by atoms with Gasteiger partial charge in [0.05, 0.1) is 0 Å². The van der Waals surface area contributed by atoms with Crippen molar-refractivity contribution >= 4 is 0 Å². The molecule has 0 N–H and O–H groups in total. The molecular weight excluding hydrogens is 128 g/mol. The maximum atomic E-state index is 9.56. The number of hydrogen-bond acceptors (Lipinski definition) is 5. The first kappa shape index (κ1) is 5.48. The Bertz CT molecular complexity index is 194. The summed E-state index contributed by atoms with van der Waals surface area (Å²) in [5.74, 6) is 0. The van der Waals surface area contributed by atoms with Crippen molar-refractivity contribution in [3.8, 4) is 0 Å². The van der Waals surface area contributed by atoms with Crippen molar-refractivity contribution in [2.75, 3.05) is 0 Å². The van der Waals surface area contributed by atoms with Gasteiger partial charge in [-0.2, -0.15) is 9.92 Å². The van der Waals surface area contributed by atoms with Gasteiger partial charge in [0.1, 0.15) is 0 Å². The number of rotatable bonds is 2. The quantitative estimate of drug-likeness (QED) is 0.374. The van der Waals surface area contributed by atoms with Crippen LogP contribution in [0.4, 0.5) is 0 Å². The zero-order valence-electron chi connectivity index (χ0n) is 4.17. The minimum atomic E-state index is -0.978. The molecule has 0 aliphatic rings. The zero-order chi connectivity index (χ0) is 6.69. The van der Waals surface area contributed by atoms with Crippen molar-refractivity contribution in [3.63, 3.8) is 0 Å². The van der Waals surface area contributed by atoms with Crippen molar-refractivity contribution in [1.29, 1.82) is 0 Å². The lowest BCUT2D eigenvalue weighted by molar-refractivity contribution is -0.752. The molecule has 0 saturated carbocycles. The molecule has 0 saturated heterocycles. The summed E-state index contributed by atoms with van der Waals surface area (Å²) in [6, 6.07) is 0. The fourth-order valence-electron chi connectivity index (χ4n) is 0.308. The van der Waals surface area contributed by atoms with Crippen LogP contribution in [-0.4, -0.2) is 20.0 Å². The Morgan fingerprint density at radius 1 is 1.78 bits per heavy atom. The summed E-state index contributed by atoms with van der Waals surface area (Å²) >= 11 is 0. The van der Waals surface area contributed by atoms with Gasteiger partial charge in [0.2, 0.25) is 6.33 Å². The molecule has 0 radical (unpaired) electrons. The van der Waals surface area contributed by atoms with Crippen LogP contribution in [0, 0.1) is 10.1 Å². The summed E-state index contributed by atoms with van der Waals surface area (Å²) < 4.78 is 0. The Hall–Kier alpha value is -1.66. The van der Waals surface area contributed by atoms with E-state index in [4.69, 9.17) is 0 Å². The van der Waals surface area contributed by atoms with Crippen LogP contribution in [0.3, 0.4) is 0 Å². The third-order valence-electron chi connectivity index (χ3n) is 0.548. The second-order valence-electron chi connectivity index (χ2n) is 1.10. The van der Waals surface area contributed by atoms with Gasteiger partial charge in [-0.05, 0) is 5.10 Å². The molecule has 0 aliphatic heterocycles. The first-order chi connectivity index (χ1) is 4.29. The van der Waals surface area contributed by atoms with E-state index in [0.717, 1.165) is 12.7 Å². The van der Waals surface area contributed by atoms with Gasteiger partial charge in [-0.15, -0.1) is 0 Å². The second kappa shape index (κ2) is 2.07. The molecule has 7 heteroatoms. The van der Waals surface area contributed by atoms with Crippen LogP contribution in [0.25, 0.3) is 0 Å². The molecule has 0 spiro atoms. The third-order valence-corrected chi connectivity index (χ3v) is 0.548. The molecule has 0 unspecified atom stereocenters. The molecule has 0 bridgehead atoms. The van der Waals surface area contributed by atoms with Gasteiger partial charge < -0.3 is 0 Å². The predicted octanol–water partition coefficient (Wildman–Crippen LogP) is -1.10. The van der Waals surface area contributed by atoms with Gasteiger partial charge in [-0.25, -0.2) is 10.1 Å². The van der Waals surface area contributed by atoms with Gasteiger partial charge in [-0.3, -0.25) is 0 Å². The summed E-state index contributed by atoms with van der Waals surface area (Å²) in [7, 11) is 0. The lowest BCUT2D eigenvalue weighted by Crippen LogP contribution is -2.17. The highest BCUT2D eigenvalue weighted by Crippen LogP contribution is 1.71. The molecule has 0 aliphatic carbocycles. The maximum Gasteiger partial charge on any atom is 0.240 e. The fraction of sp³-hybridized carbons (Fsp3) is 0. The highest BCUT2D eigenvalue weighted by molar-refractivity contribution is 4.47. The van der Waals surface area contributed by atoms with Crippen LogP contribution in [0.15, 0.2) is 12.7 Å². The molecule has 9 heavy (non-hydrogen) atoms. The van der Waals surface area contributed by atoms with Gasteiger partial charge in [0.25, 0.3) is 0 Å². The molecule has 0 aromatic carbocycles. The monoisotopic (exact) mass is 130 g/mol. The van der Waals surface area contributed by atoms with Crippen LogP contribution < -0.4 is 4.94 Å². The van der Waals surface area contributed by atoms with Crippen LogP contribution in [0.2, 0.25) is 0 Å². The summed E-state index contributed by atoms with van der Waals surface area (Å²) in [4.78, 5) is 17.4. The van der Waals surface area contributed by atoms with Gasteiger partial charge in [-0.1, -0.05) is 0 Å². The van der Waals surface area contributed by atoms with Crippen LogP contribution in [0.5, 0.6) is 0 Å². The van der Waals surface area contributed by atoms with Gasteiger partial charge in [0, 0.05) is 4.85 Å². The fourth-order valence-corrected chi connectivity index (χ4v) is 0.308. The van der Waals surface area contributed by atoms with E-state index >= 15 is 0 Å². The average molecular weight is 130 g/mol. The second-order valence-corrected chi connectivity index (χ2v) is 1.10. The Morgan fingerprint density at radius 3 is 3.00 bits per heavy atom. The predicted molar refractivity (Wildman–Crippen MR) is 23.6 cm³/mol. The Labute approximate surface area is 48.9 Å². The molecule has 0 atom stereocenters. The molecule has 1 heterocycles. The first-order valence-corrected chi connectivity index (χ1v) is 1.96. The number of nitrogens with zero attached hydrogens (tertiary/aromatic N) is 4. The van der Waals surface area contributed by atoms with Gasteiger partial charge in [0.15, 0.2) is 11.4 Å². The summed E-state index contributed by atoms with van der Waals surface area (Å²) in [6.07, 6.45) is 2.20. The minimum absolute atomic E-state index is 0.639. The molecule has 0 fully saturated rings. The summed E-state index contributed by atoms with van der Waals surface area (Å²) in [6.45, 7) is 0. The Morgan fingerprint density at radius 2 is 2.56 bits per heavy atom. The zero-order valence-corrected chi connectivity index (χ0v) is 4.17. The molecular formula is C2H2N4O3. The van der Waals surface area contributed by atoms with Crippen molar-refractivity contribution in [1.82, 2.24) is 14.9 Å². The number of aromatic nitrogens is 3. The first-order valence-electron chi connectivity index (χ1n) is 1.96. The van der Waals surface area contributed by atoms with E-state index in [1.807, 2.05) is 0 Å². The number of hydrogen-bond donors (Lipinski definition) is 0. The van der Waals surface area contributed by atoms with Crippen LogP contribution in [0.1, 0.15) is 0 Å². The standard InChI is InChI=1S/C2H2N4O3/c7-6(8)9-5-2-3-1-4-5/h1-2H. The SMILES string of the molecule is O=[N+]([O-])On1cncn1. The topological polar surface area (TPSA) is 83.1 Å². The van der Waals surface area contributed by atoms with E-state index in [-0.39, 0.29) is 0 Å². The van der Waals surface area contributed by atoms with Crippen LogP contribution in [-0.2, 0) is 0 Å². The van der Waals surface area contributed by atoms with E-state index in [1.165, 1.54) is 0 Å². The van der Waals surface area contributed by atoms with E-state index < -0.39 is 5.09 Å². The van der Waals surface area contributed by atoms with Crippen LogP contribution >= 0.6 is 0 Å². The highest BCUT2D eigenvalue weighted by Gasteiger charge is 1.94. The molecule has 1 rings (SSSR count). The van der Waals surface area contributed by atoms with E-state index in [9.17, 15) is 10.1 Å². The van der Waals surface area contributed by atoms with Crippen molar-refractivity contribution in [2.45, 2.75) is 0 Å². The molecule has 48 valence electrons. The average Bonchev–Trinajstić information content (AvgIpc) is 2.15. The maximum absolute atomic E-state index is 9.56. The summed E-state index contributed by atoms with van der Waals surface area (Å²) in [5.41, 5.74) is 0. The molecule has 1 aromatic rings. The third kappa shape index (κ3) is 1.37. The normalized spacial score (nSPS) is 8.89. The minimum Gasteiger partial charge on any atom is -0.218 e. The van der Waals surface area contributed by atoms with Gasteiger partial charge >= 0.3 is 0 Å². The van der Waals surface area contributed by atoms with E-state index in [2.05, 4.69) is 15.0 Å². The Balaban J connectivity index is 2.58. The highest BCUT2D eigenvalue weighted by atomic mass is 17.0. The van der Waals surface area contributed by atoms with Crippen molar-refractivity contribution in [3.05, 3.63) is 22.8 Å². The molecule has 1 aromatic heterocycles. The molecule has 7 nitrogen and oxygen atoms in total.